The molecule has 0 atom stereocenters. The zero-order valence-corrected chi connectivity index (χ0v) is 14.9. The van der Waals surface area contributed by atoms with Gasteiger partial charge in [0.1, 0.15) is 0 Å². The van der Waals surface area contributed by atoms with Crippen LogP contribution in [0.5, 0.6) is 0 Å². The molecule has 0 aliphatic heterocycles. The molecule has 0 radical (unpaired) electrons. The molecule has 0 nitrogen and oxygen atoms in total. The Bertz CT molecular complexity index is 897. The largest absolute Gasteiger partial charge is 0.141 e. The summed E-state index contributed by atoms with van der Waals surface area (Å²) in [6.07, 6.45) is 2.47. The van der Waals surface area contributed by atoms with Crippen molar-refractivity contribution in [3.8, 4) is 0 Å². The molecule has 2 aromatic carbocycles. The summed E-state index contributed by atoms with van der Waals surface area (Å²) in [5.74, 6) is 0.714. The van der Waals surface area contributed by atoms with Gasteiger partial charge in [0, 0.05) is 19.2 Å². The second-order valence-electron chi connectivity index (χ2n) is 6.15. The van der Waals surface area contributed by atoms with Crippen molar-refractivity contribution in [1.82, 2.24) is 0 Å². The van der Waals surface area contributed by atoms with E-state index in [0.717, 1.165) is 0 Å². The Morgan fingerprint density at radius 2 is 1.32 bits per heavy atom. The number of rotatable bonds is 3. The second kappa shape index (κ2) is 5.36. The average Bonchev–Trinajstić information content (AvgIpc) is 3.05. The van der Waals surface area contributed by atoms with Crippen molar-refractivity contribution in [2.45, 2.75) is 39.5 Å². The van der Waals surface area contributed by atoms with Crippen molar-refractivity contribution >= 4 is 53.6 Å². The Morgan fingerprint density at radius 1 is 0.727 bits per heavy atom. The van der Waals surface area contributed by atoms with Gasteiger partial charge >= 0.3 is 0 Å². The Morgan fingerprint density at radius 3 is 1.95 bits per heavy atom. The van der Waals surface area contributed by atoms with E-state index in [4.69, 9.17) is 0 Å². The van der Waals surface area contributed by atoms with Crippen molar-refractivity contribution in [1.29, 1.82) is 0 Å². The first-order valence-electron chi connectivity index (χ1n) is 8.05. The standard InChI is InChI=1S/C20H20S2/c1-4-13(5-2)18-11-17-8-15-9-19-16(6-12(3)21-19)7-14(15)10-20(17)22-18/h6-11,13H,4-5H2,1-3H3. The van der Waals surface area contributed by atoms with Gasteiger partial charge in [-0.1, -0.05) is 13.8 Å². The first-order valence-corrected chi connectivity index (χ1v) is 9.68. The van der Waals surface area contributed by atoms with E-state index >= 15 is 0 Å². The molecule has 0 unspecified atom stereocenters. The number of benzene rings is 2. The summed E-state index contributed by atoms with van der Waals surface area (Å²) in [5.41, 5.74) is 0. The van der Waals surface area contributed by atoms with Crippen LogP contribution in [-0.4, -0.2) is 0 Å². The summed E-state index contributed by atoms with van der Waals surface area (Å²) in [6.45, 7) is 6.78. The molecule has 2 heterocycles. The highest BCUT2D eigenvalue weighted by atomic mass is 32.1. The molecular formula is C20H20S2. The number of hydrogen-bond donors (Lipinski definition) is 0. The third-order valence-corrected chi connectivity index (χ3v) is 6.91. The highest BCUT2D eigenvalue weighted by molar-refractivity contribution is 7.19. The predicted molar refractivity (Wildman–Crippen MR) is 103 cm³/mol. The lowest BCUT2D eigenvalue weighted by Crippen LogP contribution is -1.90. The minimum Gasteiger partial charge on any atom is -0.141 e. The summed E-state index contributed by atoms with van der Waals surface area (Å²) in [4.78, 5) is 2.94. The van der Waals surface area contributed by atoms with Crippen LogP contribution in [0.25, 0.3) is 30.9 Å². The molecule has 0 bridgehead atoms. The highest BCUT2D eigenvalue weighted by Gasteiger charge is 2.12. The van der Waals surface area contributed by atoms with Gasteiger partial charge in [-0.2, -0.15) is 0 Å². The Kier molecular flexibility index (Phi) is 3.47. The van der Waals surface area contributed by atoms with E-state index in [0.29, 0.717) is 5.92 Å². The lowest BCUT2D eigenvalue weighted by molar-refractivity contribution is 0.653. The van der Waals surface area contributed by atoms with Gasteiger partial charge in [-0.25, -0.2) is 0 Å². The van der Waals surface area contributed by atoms with E-state index in [-0.39, 0.29) is 0 Å². The predicted octanol–water partition coefficient (Wildman–Crippen LogP) is 7.48. The molecule has 2 aromatic heterocycles. The minimum absolute atomic E-state index is 0.714. The smallest absolute Gasteiger partial charge is 0.0352 e. The molecule has 0 amide bonds. The molecule has 4 aromatic rings. The topological polar surface area (TPSA) is 0 Å². The van der Waals surface area contributed by atoms with E-state index in [1.54, 1.807) is 4.88 Å². The van der Waals surface area contributed by atoms with E-state index in [2.05, 4.69) is 57.2 Å². The van der Waals surface area contributed by atoms with Gasteiger partial charge in [-0.3, -0.25) is 0 Å². The van der Waals surface area contributed by atoms with Gasteiger partial charge in [0.05, 0.1) is 0 Å². The minimum atomic E-state index is 0.714. The van der Waals surface area contributed by atoms with Crippen LogP contribution in [0.2, 0.25) is 0 Å². The van der Waals surface area contributed by atoms with Crippen molar-refractivity contribution < 1.29 is 0 Å². The summed E-state index contributed by atoms with van der Waals surface area (Å²) in [7, 11) is 0. The molecule has 0 aliphatic rings. The summed E-state index contributed by atoms with van der Waals surface area (Å²) >= 11 is 3.87. The molecule has 0 N–H and O–H groups in total. The number of thiophene rings is 2. The maximum Gasteiger partial charge on any atom is 0.0352 e. The van der Waals surface area contributed by atoms with Crippen molar-refractivity contribution in [2.24, 2.45) is 0 Å². The molecule has 0 spiro atoms. The molecule has 0 saturated carbocycles. The van der Waals surface area contributed by atoms with E-state index < -0.39 is 0 Å². The van der Waals surface area contributed by atoms with Crippen molar-refractivity contribution in [3.05, 3.63) is 46.2 Å². The lowest BCUT2D eigenvalue weighted by atomic mass is 10.0. The highest BCUT2D eigenvalue weighted by Crippen LogP contribution is 2.38. The van der Waals surface area contributed by atoms with Crippen molar-refractivity contribution in [2.75, 3.05) is 0 Å². The first-order chi connectivity index (χ1) is 10.7. The third-order valence-electron chi connectivity index (χ3n) is 4.64. The summed E-state index contributed by atoms with van der Waals surface area (Å²) < 4.78 is 2.83. The second-order valence-corrected chi connectivity index (χ2v) is 8.55. The first kappa shape index (κ1) is 14.2. The van der Waals surface area contributed by atoms with Crippen LogP contribution in [0.4, 0.5) is 0 Å². The summed E-state index contributed by atoms with van der Waals surface area (Å²) in [6, 6.07) is 14.2. The maximum atomic E-state index is 2.42. The molecule has 0 fully saturated rings. The van der Waals surface area contributed by atoms with E-state index in [9.17, 15) is 0 Å². The zero-order chi connectivity index (χ0) is 15.3. The molecule has 112 valence electrons. The van der Waals surface area contributed by atoms with Gasteiger partial charge < -0.3 is 0 Å². The zero-order valence-electron chi connectivity index (χ0n) is 13.3. The van der Waals surface area contributed by atoms with Crippen LogP contribution in [-0.2, 0) is 0 Å². The van der Waals surface area contributed by atoms with Crippen LogP contribution in [0.3, 0.4) is 0 Å². The fourth-order valence-electron chi connectivity index (χ4n) is 3.37. The molecule has 4 rings (SSSR count). The van der Waals surface area contributed by atoms with Crippen LogP contribution < -0.4 is 0 Å². The lowest BCUT2D eigenvalue weighted by Gasteiger charge is -2.08. The van der Waals surface area contributed by atoms with Crippen molar-refractivity contribution in [3.63, 3.8) is 0 Å². The maximum absolute atomic E-state index is 2.42. The normalized spacial score (nSPS) is 12.2. The number of fused-ring (bicyclic) bond motifs is 3. The van der Waals surface area contributed by atoms with Crippen LogP contribution >= 0.6 is 22.7 Å². The van der Waals surface area contributed by atoms with Gasteiger partial charge in [0.2, 0.25) is 0 Å². The Labute approximate surface area is 139 Å². The monoisotopic (exact) mass is 324 g/mol. The van der Waals surface area contributed by atoms with E-state index in [1.807, 2.05) is 22.7 Å². The Hall–Kier alpha value is -1.38. The number of aryl methyl sites for hydroxylation is 1. The molecule has 22 heavy (non-hydrogen) atoms. The fraction of sp³-hybridized carbons (Fsp3) is 0.300. The van der Waals surface area contributed by atoms with Gasteiger partial charge in [0.15, 0.2) is 0 Å². The molecule has 0 saturated heterocycles. The van der Waals surface area contributed by atoms with E-state index in [1.165, 1.54) is 48.7 Å². The van der Waals surface area contributed by atoms with Gasteiger partial charge in [0.25, 0.3) is 0 Å². The third kappa shape index (κ3) is 2.26. The fourth-order valence-corrected chi connectivity index (χ4v) is 5.69. The average molecular weight is 325 g/mol. The van der Waals surface area contributed by atoms with Crippen LogP contribution in [0, 0.1) is 6.92 Å². The van der Waals surface area contributed by atoms with Crippen LogP contribution in [0.1, 0.15) is 42.4 Å². The molecule has 0 aliphatic carbocycles. The van der Waals surface area contributed by atoms with Gasteiger partial charge in [-0.05, 0) is 83.6 Å². The number of hydrogen-bond acceptors (Lipinski definition) is 2. The Balaban J connectivity index is 1.95. The van der Waals surface area contributed by atoms with Crippen LogP contribution in [0.15, 0.2) is 36.4 Å². The SMILES string of the molecule is CCC(CC)c1cc2cc3cc4sc(C)cc4cc3cc2s1. The molecular weight excluding hydrogens is 304 g/mol. The quantitative estimate of drug-likeness (QED) is 0.366. The van der Waals surface area contributed by atoms with Gasteiger partial charge in [-0.15, -0.1) is 22.7 Å². The summed E-state index contributed by atoms with van der Waals surface area (Å²) in [5, 5.41) is 5.53. The molecule has 2 heteroatoms.